The highest BCUT2D eigenvalue weighted by Gasteiger charge is 1.98. The summed E-state index contributed by atoms with van der Waals surface area (Å²) < 4.78 is 11.6. The molecule has 0 unspecified atom stereocenters. The van der Waals surface area contributed by atoms with Crippen molar-refractivity contribution < 1.29 is 9.47 Å². The van der Waals surface area contributed by atoms with Crippen LogP contribution in [0.4, 0.5) is 0 Å². The zero-order valence-electron chi connectivity index (χ0n) is 9.07. The van der Waals surface area contributed by atoms with Crippen LogP contribution in [0.25, 0.3) is 10.8 Å². The fourth-order valence-corrected chi connectivity index (χ4v) is 1.91. The molecule has 2 rings (SSSR count). The van der Waals surface area contributed by atoms with E-state index in [9.17, 15) is 0 Å². The van der Waals surface area contributed by atoms with Gasteiger partial charge in [0.15, 0.2) is 0 Å². The van der Waals surface area contributed by atoms with E-state index in [2.05, 4.69) is 34.1 Å². The fraction of sp³-hybridized carbons (Fsp3) is 0.231. The van der Waals surface area contributed by atoms with Gasteiger partial charge in [-0.25, -0.2) is 0 Å². The maximum atomic E-state index is 5.55. The first-order valence-electron chi connectivity index (χ1n) is 5.10. The van der Waals surface area contributed by atoms with Crippen molar-refractivity contribution >= 4 is 26.7 Å². The molecule has 0 heterocycles. The minimum Gasteiger partial charge on any atom is -0.491 e. The van der Waals surface area contributed by atoms with E-state index in [-0.39, 0.29) is 0 Å². The summed E-state index contributed by atoms with van der Waals surface area (Å²) in [5.41, 5.74) is 0. The summed E-state index contributed by atoms with van der Waals surface area (Å²) in [5, 5.41) is 2.38. The van der Waals surface area contributed by atoms with Crippen LogP contribution in [0.3, 0.4) is 0 Å². The van der Waals surface area contributed by atoms with E-state index in [1.54, 1.807) is 7.11 Å². The lowest BCUT2D eigenvalue weighted by atomic mass is 10.1. The molecule has 2 aromatic carbocycles. The van der Waals surface area contributed by atoms with Crippen LogP contribution in [0.2, 0.25) is 0 Å². The second-order valence-corrected chi connectivity index (χ2v) is 4.41. The van der Waals surface area contributed by atoms with Crippen LogP contribution in [0, 0.1) is 0 Å². The molecule has 0 spiro atoms. The van der Waals surface area contributed by atoms with Crippen molar-refractivity contribution in [2.45, 2.75) is 0 Å². The Labute approximate surface area is 103 Å². The van der Waals surface area contributed by atoms with Gasteiger partial charge >= 0.3 is 0 Å². The molecule has 0 bridgehead atoms. The number of ether oxygens (including phenoxy) is 2. The number of halogens is 1. The summed E-state index contributed by atoms with van der Waals surface area (Å²) in [6, 6.07) is 12.3. The van der Waals surface area contributed by atoms with E-state index in [1.807, 2.05) is 18.2 Å². The van der Waals surface area contributed by atoms with Crippen LogP contribution >= 0.6 is 15.9 Å². The third-order valence-corrected chi connectivity index (χ3v) is 2.82. The summed E-state index contributed by atoms with van der Waals surface area (Å²) in [4.78, 5) is 0. The summed E-state index contributed by atoms with van der Waals surface area (Å²) in [6.07, 6.45) is 0. The van der Waals surface area contributed by atoms with Crippen molar-refractivity contribution in [3.8, 4) is 5.75 Å². The third-order valence-electron chi connectivity index (χ3n) is 2.33. The molecule has 2 nitrogen and oxygen atoms in total. The van der Waals surface area contributed by atoms with Gasteiger partial charge in [0.2, 0.25) is 0 Å². The van der Waals surface area contributed by atoms with Crippen molar-refractivity contribution in [1.82, 2.24) is 0 Å². The number of benzene rings is 2. The standard InChI is InChI=1S/C13H13BrO2/c1-15-6-7-16-13-5-3-10-2-4-12(14)8-11(10)9-13/h2-5,8-9H,6-7H2,1H3. The Morgan fingerprint density at radius 3 is 2.62 bits per heavy atom. The van der Waals surface area contributed by atoms with Crippen LogP contribution in [0.5, 0.6) is 5.75 Å². The largest absolute Gasteiger partial charge is 0.491 e. The molecular formula is C13H13BrO2. The Bertz CT molecular complexity index is 482. The highest BCUT2D eigenvalue weighted by Crippen LogP contribution is 2.24. The summed E-state index contributed by atoms with van der Waals surface area (Å²) >= 11 is 3.46. The van der Waals surface area contributed by atoms with E-state index in [4.69, 9.17) is 9.47 Å². The number of hydrogen-bond donors (Lipinski definition) is 0. The third kappa shape index (κ3) is 2.74. The predicted molar refractivity (Wildman–Crippen MR) is 69.0 cm³/mol. The molecule has 0 atom stereocenters. The number of methoxy groups -OCH3 is 1. The fourth-order valence-electron chi connectivity index (χ4n) is 1.53. The highest BCUT2D eigenvalue weighted by molar-refractivity contribution is 9.10. The zero-order chi connectivity index (χ0) is 11.4. The molecule has 0 aromatic heterocycles. The van der Waals surface area contributed by atoms with Gasteiger partial charge in [-0.05, 0) is 35.0 Å². The Kier molecular flexibility index (Phi) is 3.80. The van der Waals surface area contributed by atoms with E-state index < -0.39 is 0 Å². The van der Waals surface area contributed by atoms with Crippen LogP contribution in [0.15, 0.2) is 40.9 Å². The Morgan fingerprint density at radius 2 is 1.81 bits per heavy atom. The maximum absolute atomic E-state index is 5.55. The van der Waals surface area contributed by atoms with Crippen molar-refractivity contribution in [1.29, 1.82) is 0 Å². The molecule has 3 heteroatoms. The topological polar surface area (TPSA) is 18.5 Å². The van der Waals surface area contributed by atoms with Gasteiger partial charge in [-0.3, -0.25) is 0 Å². The monoisotopic (exact) mass is 280 g/mol. The van der Waals surface area contributed by atoms with Gasteiger partial charge in [-0.1, -0.05) is 28.1 Å². The Hall–Kier alpha value is -1.06. The maximum Gasteiger partial charge on any atom is 0.120 e. The molecule has 0 aliphatic rings. The minimum absolute atomic E-state index is 0.579. The molecule has 0 amide bonds. The van der Waals surface area contributed by atoms with Gasteiger partial charge in [0.05, 0.1) is 6.61 Å². The summed E-state index contributed by atoms with van der Waals surface area (Å²) in [6.45, 7) is 1.19. The molecule has 2 aromatic rings. The second-order valence-electron chi connectivity index (χ2n) is 3.49. The molecule has 0 fully saturated rings. The number of fused-ring (bicyclic) bond motifs is 1. The van der Waals surface area contributed by atoms with Gasteiger partial charge in [-0.2, -0.15) is 0 Å². The smallest absolute Gasteiger partial charge is 0.120 e. The first kappa shape index (κ1) is 11.4. The first-order valence-corrected chi connectivity index (χ1v) is 5.90. The van der Waals surface area contributed by atoms with E-state index in [0.717, 1.165) is 10.2 Å². The van der Waals surface area contributed by atoms with E-state index in [1.165, 1.54) is 10.8 Å². The number of rotatable bonds is 4. The number of hydrogen-bond acceptors (Lipinski definition) is 2. The van der Waals surface area contributed by atoms with Crippen LogP contribution in [-0.4, -0.2) is 20.3 Å². The quantitative estimate of drug-likeness (QED) is 0.797. The highest BCUT2D eigenvalue weighted by atomic mass is 79.9. The molecular weight excluding hydrogens is 268 g/mol. The molecule has 0 aliphatic carbocycles. The lowest BCUT2D eigenvalue weighted by molar-refractivity contribution is 0.146. The molecule has 0 aliphatic heterocycles. The molecule has 0 saturated heterocycles. The molecule has 16 heavy (non-hydrogen) atoms. The van der Waals surface area contributed by atoms with Crippen molar-refractivity contribution in [3.63, 3.8) is 0 Å². The first-order chi connectivity index (χ1) is 7.79. The van der Waals surface area contributed by atoms with Crippen molar-refractivity contribution in [3.05, 3.63) is 40.9 Å². The molecule has 0 radical (unpaired) electrons. The molecule has 84 valence electrons. The lowest BCUT2D eigenvalue weighted by Crippen LogP contribution is -2.03. The zero-order valence-corrected chi connectivity index (χ0v) is 10.7. The van der Waals surface area contributed by atoms with Gasteiger partial charge < -0.3 is 9.47 Å². The Morgan fingerprint density at radius 1 is 1.00 bits per heavy atom. The normalized spacial score (nSPS) is 10.6. The Balaban J connectivity index is 2.21. The average molecular weight is 281 g/mol. The van der Waals surface area contributed by atoms with Crippen LogP contribution in [-0.2, 0) is 4.74 Å². The summed E-state index contributed by atoms with van der Waals surface area (Å²) in [7, 11) is 1.67. The molecule has 0 saturated carbocycles. The van der Waals surface area contributed by atoms with Crippen molar-refractivity contribution in [2.24, 2.45) is 0 Å². The van der Waals surface area contributed by atoms with Crippen LogP contribution in [0.1, 0.15) is 0 Å². The van der Waals surface area contributed by atoms with Gasteiger partial charge in [-0.15, -0.1) is 0 Å². The van der Waals surface area contributed by atoms with Crippen LogP contribution < -0.4 is 4.74 Å². The lowest BCUT2D eigenvalue weighted by Gasteiger charge is -2.06. The van der Waals surface area contributed by atoms with Gasteiger partial charge in [0.25, 0.3) is 0 Å². The average Bonchev–Trinajstić information content (AvgIpc) is 2.29. The van der Waals surface area contributed by atoms with E-state index in [0.29, 0.717) is 13.2 Å². The minimum atomic E-state index is 0.579. The van der Waals surface area contributed by atoms with Crippen molar-refractivity contribution in [2.75, 3.05) is 20.3 Å². The summed E-state index contributed by atoms with van der Waals surface area (Å²) in [5.74, 6) is 0.877. The van der Waals surface area contributed by atoms with E-state index >= 15 is 0 Å². The van der Waals surface area contributed by atoms with Gasteiger partial charge in [0, 0.05) is 11.6 Å². The SMILES string of the molecule is COCCOc1ccc2ccc(Br)cc2c1. The molecule has 0 N–H and O–H groups in total. The predicted octanol–water partition coefficient (Wildman–Crippen LogP) is 3.63. The van der Waals surface area contributed by atoms with Gasteiger partial charge in [0.1, 0.15) is 12.4 Å². The second kappa shape index (κ2) is 5.32.